The van der Waals surface area contributed by atoms with Gasteiger partial charge in [-0.2, -0.15) is 0 Å². The van der Waals surface area contributed by atoms with Crippen molar-refractivity contribution in [3.63, 3.8) is 0 Å². The van der Waals surface area contributed by atoms with Gasteiger partial charge in [-0.1, -0.05) is 12.2 Å². The molecule has 2 atom stereocenters. The van der Waals surface area contributed by atoms with Crippen molar-refractivity contribution >= 4 is 18.5 Å². The molecule has 0 amide bonds. The quantitative estimate of drug-likeness (QED) is 0.331. The summed E-state index contributed by atoms with van der Waals surface area (Å²) in [6, 6.07) is 0. The van der Waals surface area contributed by atoms with Crippen molar-refractivity contribution in [1.82, 2.24) is 5.23 Å². The van der Waals surface area contributed by atoms with Crippen LogP contribution in [-0.2, 0) is 9.68 Å². The van der Waals surface area contributed by atoms with E-state index in [1.807, 2.05) is 0 Å². The molecule has 2 unspecified atom stereocenters. The molecular weight excluding hydrogens is 216 g/mol. The Hall–Kier alpha value is 0.740. The monoisotopic (exact) mass is 239 g/mol. The van der Waals surface area contributed by atoms with Crippen LogP contribution in [0.3, 0.4) is 0 Å². The van der Waals surface area contributed by atoms with Crippen molar-refractivity contribution < 1.29 is 9.68 Å². The number of nitrogens with zero attached hydrogens (tertiary/aromatic N) is 1. The highest BCUT2D eigenvalue weighted by atomic mass is 31.0. The Bertz CT molecular complexity index is 107. The molecule has 0 saturated heterocycles. The van der Waals surface area contributed by atoms with Gasteiger partial charge < -0.3 is 0 Å². The summed E-state index contributed by atoms with van der Waals surface area (Å²) in [5, 5.41) is 1.63. The zero-order chi connectivity index (χ0) is 10.6. The fourth-order valence-electron chi connectivity index (χ4n) is 0.848. The second kappa shape index (κ2) is 11.8. The van der Waals surface area contributed by atoms with Gasteiger partial charge in [0.15, 0.2) is 0 Å². The number of hydrogen-bond donors (Lipinski definition) is 0. The molecule has 0 heterocycles. The van der Waals surface area contributed by atoms with Crippen LogP contribution in [0.1, 0.15) is 26.2 Å². The van der Waals surface area contributed by atoms with Gasteiger partial charge in [0, 0.05) is 0 Å². The third-order valence-corrected chi connectivity index (χ3v) is 2.39. The number of rotatable bonds is 10. The van der Waals surface area contributed by atoms with E-state index in [2.05, 4.69) is 25.4 Å². The van der Waals surface area contributed by atoms with E-state index >= 15 is 0 Å². The number of hydroxylamine groups is 2. The Balaban J connectivity index is 3.44. The summed E-state index contributed by atoms with van der Waals surface area (Å²) in [6.07, 6.45) is 5.30. The van der Waals surface area contributed by atoms with Gasteiger partial charge in [0.25, 0.3) is 0 Å². The summed E-state index contributed by atoms with van der Waals surface area (Å²) in [4.78, 5) is 10.9. The van der Waals surface area contributed by atoms with Gasteiger partial charge in [-0.3, -0.25) is 9.68 Å². The summed E-state index contributed by atoms with van der Waals surface area (Å²) in [7, 11) is 5.38. The SMILES string of the molecule is CCCN(OCCCP)OCCCP. The third-order valence-electron chi connectivity index (χ3n) is 1.57. The summed E-state index contributed by atoms with van der Waals surface area (Å²) < 4.78 is 0. The normalized spacial score (nSPS) is 11.1. The Morgan fingerprint density at radius 3 is 1.86 bits per heavy atom. The lowest BCUT2D eigenvalue weighted by atomic mass is 10.5. The Morgan fingerprint density at radius 1 is 1.00 bits per heavy atom. The first-order valence-corrected chi connectivity index (χ1v) is 6.92. The predicted molar refractivity (Wildman–Crippen MR) is 67.3 cm³/mol. The Morgan fingerprint density at radius 2 is 1.50 bits per heavy atom. The maximum atomic E-state index is 5.46. The fraction of sp³-hybridized carbons (Fsp3) is 1.00. The molecule has 0 aromatic rings. The van der Waals surface area contributed by atoms with Crippen LogP contribution < -0.4 is 0 Å². The third kappa shape index (κ3) is 9.30. The van der Waals surface area contributed by atoms with Crippen LogP contribution in [0.15, 0.2) is 0 Å². The van der Waals surface area contributed by atoms with Crippen molar-refractivity contribution in [2.24, 2.45) is 0 Å². The van der Waals surface area contributed by atoms with Gasteiger partial charge in [0.05, 0.1) is 19.8 Å². The van der Waals surface area contributed by atoms with E-state index < -0.39 is 0 Å². The van der Waals surface area contributed by atoms with Gasteiger partial charge in [0.2, 0.25) is 0 Å². The first kappa shape index (κ1) is 14.7. The van der Waals surface area contributed by atoms with Gasteiger partial charge >= 0.3 is 0 Å². The van der Waals surface area contributed by atoms with E-state index in [9.17, 15) is 0 Å². The van der Waals surface area contributed by atoms with Crippen molar-refractivity contribution in [3.05, 3.63) is 0 Å². The number of hydrogen-bond acceptors (Lipinski definition) is 3. The molecule has 0 aromatic heterocycles. The molecule has 86 valence electrons. The van der Waals surface area contributed by atoms with E-state index in [1.165, 1.54) is 0 Å². The van der Waals surface area contributed by atoms with Crippen LogP contribution in [0.2, 0.25) is 0 Å². The molecule has 0 saturated carbocycles. The maximum absolute atomic E-state index is 5.46. The predicted octanol–water partition coefficient (Wildman–Crippen LogP) is 2.09. The average molecular weight is 239 g/mol. The fourth-order valence-corrected chi connectivity index (χ4v) is 1.18. The molecule has 0 spiro atoms. The first-order valence-electron chi connectivity index (χ1n) is 5.28. The van der Waals surface area contributed by atoms with Crippen LogP contribution in [0, 0.1) is 0 Å². The Labute approximate surface area is 92.2 Å². The van der Waals surface area contributed by atoms with Gasteiger partial charge in [-0.15, -0.1) is 18.5 Å². The standard InChI is InChI=1S/C9H23NO2P2/c1-2-5-10(11-6-3-8-13)12-7-4-9-14/h2-9,13-14H2,1H3. The topological polar surface area (TPSA) is 21.7 Å². The molecule has 5 heteroatoms. The largest absolute Gasteiger partial charge is 0.274 e. The average Bonchev–Trinajstić information content (AvgIpc) is 2.18. The van der Waals surface area contributed by atoms with Crippen LogP contribution in [0.25, 0.3) is 0 Å². The Kier molecular flexibility index (Phi) is 12.4. The smallest absolute Gasteiger partial charge is 0.0714 e. The molecule has 0 N–H and O–H groups in total. The van der Waals surface area contributed by atoms with Crippen LogP contribution in [-0.4, -0.2) is 37.3 Å². The van der Waals surface area contributed by atoms with Crippen LogP contribution in [0.5, 0.6) is 0 Å². The van der Waals surface area contributed by atoms with E-state index in [-0.39, 0.29) is 0 Å². The molecule has 0 radical (unpaired) electrons. The highest BCUT2D eigenvalue weighted by Gasteiger charge is 2.03. The minimum Gasteiger partial charge on any atom is -0.274 e. The van der Waals surface area contributed by atoms with Crippen molar-refractivity contribution in [2.75, 3.05) is 32.1 Å². The van der Waals surface area contributed by atoms with Crippen LogP contribution in [0.4, 0.5) is 0 Å². The van der Waals surface area contributed by atoms with E-state index in [4.69, 9.17) is 9.68 Å². The van der Waals surface area contributed by atoms with Crippen LogP contribution >= 0.6 is 18.5 Å². The lowest BCUT2D eigenvalue weighted by molar-refractivity contribution is -0.367. The van der Waals surface area contributed by atoms with E-state index in [0.717, 1.165) is 51.3 Å². The molecule has 0 aliphatic heterocycles. The molecule has 0 fully saturated rings. The van der Waals surface area contributed by atoms with Crippen molar-refractivity contribution in [1.29, 1.82) is 0 Å². The van der Waals surface area contributed by atoms with Crippen molar-refractivity contribution in [2.45, 2.75) is 26.2 Å². The lowest BCUT2D eigenvalue weighted by Gasteiger charge is -2.20. The van der Waals surface area contributed by atoms with E-state index in [0.29, 0.717) is 0 Å². The highest BCUT2D eigenvalue weighted by molar-refractivity contribution is 7.16. The molecule has 0 aromatic carbocycles. The second-order valence-electron chi connectivity index (χ2n) is 3.01. The highest BCUT2D eigenvalue weighted by Crippen LogP contribution is 1.99. The molecule has 0 rings (SSSR count). The van der Waals surface area contributed by atoms with Gasteiger partial charge in [-0.05, 0) is 31.6 Å². The van der Waals surface area contributed by atoms with E-state index in [1.54, 1.807) is 5.23 Å². The minimum absolute atomic E-state index is 0.740. The zero-order valence-electron chi connectivity index (χ0n) is 9.08. The lowest BCUT2D eigenvalue weighted by Crippen LogP contribution is -2.26. The summed E-state index contributed by atoms with van der Waals surface area (Å²) in [5.74, 6) is 0. The first-order chi connectivity index (χ1) is 6.85. The zero-order valence-corrected chi connectivity index (χ0v) is 11.4. The van der Waals surface area contributed by atoms with Gasteiger partial charge in [0.1, 0.15) is 0 Å². The second-order valence-corrected chi connectivity index (χ2v) is 4.16. The molecule has 14 heavy (non-hydrogen) atoms. The molecular formula is C9H23NO2P2. The molecule has 0 bridgehead atoms. The minimum atomic E-state index is 0.740. The summed E-state index contributed by atoms with van der Waals surface area (Å²) >= 11 is 0. The van der Waals surface area contributed by atoms with Crippen molar-refractivity contribution in [3.8, 4) is 0 Å². The molecule has 0 aliphatic carbocycles. The summed E-state index contributed by atoms with van der Waals surface area (Å²) in [5.41, 5.74) is 0. The van der Waals surface area contributed by atoms with Gasteiger partial charge in [-0.25, -0.2) is 0 Å². The maximum Gasteiger partial charge on any atom is 0.0714 e. The molecule has 3 nitrogen and oxygen atoms in total. The molecule has 0 aliphatic rings. The summed E-state index contributed by atoms with van der Waals surface area (Å²) in [6.45, 7) is 4.44.